The van der Waals surface area contributed by atoms with Crippen LogP contribution in [-0.4, -0.2) is 33.2 Å². The van der Waals surface area contributed by atoms with E-state index < -0.39 is 12.1 Å². The molecule has 1 unspecified atom stereocenters. The van der Waals surface area contributed by atoms with Crippen LogP contribution in [0.4, 0.5) is 0 Å². The normalized spacial score (nSPS) is 8.20. The minimum atomic E-state index is -1.23. The largest absolute Gasteiger partial charge is 1.00 e. The van der Waals surface area contributed by atoms with Gasteiger partial charge in [-0.15, -0.1) is 0 Å². The maximum Gasteiger partial charge on any atom is 1.00 e. The Hall–Kier alpha value is 0.0243. The van der Waals surface area contributed by atoms with Gasteiger partial charge >= 0.3 is 27.7 Å². The first kappa shape index (κ1) is 32.3. The van der Waals surface area contributed by atoms with E-state index in [1.807, 2.05) is 0 Å². The van der Waals surface area contributed by atoms with Crippen molar-refractivity contribution in [2.45, 2.75) is 13.0 Å². The quantitative estimate of drug-likeness (QED) is 0.474. The van der Waals surface area contributed by atoms with Gasteiger partial charge in [-0.05, 0) is 6.92 Å². The Bertz CT molecular complexity index is 67.9. The van der Waals surface area contributed by atoms with Crippen LogP contribution in [0.25, 0.3) is 0 Å². The fourth-order valence-corrected chi connectivity index (χ4v) is 0. The Kier molecular flexibility index (Phi) is 51.8. The predicted molar refractivity (Wildman–Crippen MR) is 29.2 cm³/mol. The van der Waals surface area contributed by atoms with Gasteiger partial charge in [0.25, 0.3) is 0 Å². The van der Waals surface area contributed by atoms with E-state index >= 15 is 0 Å². The number of carbonyl (C=O) groups is 1. The monoisotopic (exact) mass is 190 g/mol. The van der Waals surface area contributed by atoms with Gasteiger partial charge < -0.3 is 27.3 Å². The summed E-state index contributed by atoms with van der Waals surface area (Å²) in [4.78, 5) is 9.45. The molecule has 7 heteroatoms. The van der Waals surface area contributed by atoms with Crippen LogP contribution >= 0.6 is 0 Å². The third-order valence-electron chi connectivity index (χ3n) is 0.357. The van der Waals surface area contributed by atoms with Gasteiger partial charge in [-0.1, -0.05) is 0 Å². The van der Waals surface area contributed by atoms with Crippen molar-refractivity contribution in [1.29, 1.82) is 0 Å². The van der Waals surface area contributed by atoms with E-state index in [0.717, 1.165) is 0 Å². The minimum absolute atomic E-state index is 0. The van der Waals surface area contributed by atoms with Gasteiger partial charge in [0.2, 0.25) is 0 Å². The van der Waals surface area contributed by atoms with Gasteiger partial charge in [0, 0.05) is 0 Å². The molecule has 0 spiro atoms. The Morgan fingerprint density at radius 1 is 1.40 bits per heavy atom. The zero-order valence-corrected chi connectivity index (χ0v) is 7.34. The minimum Gasteiger partial charge on any atom is -0.870 e. The molecule has 0 aliphatic heterocycles. The summed E-state index contributed by atoms with van der Waals surface area (Å²) in [6.07, 6.45) is -1.23. The van der Waals surface area contributed by atoms with E-state index in [1.54, 1.807) is 0 Å². The van der Waals surface area contributed by atoms with Crippen molar-refractivity contribution in [2.75, 3.05) is 0 Å². The van der Waals surface area contributed by atoms with Gasteiger partial charge in [-0.25, -0.2) is 4.79 Å². The number of hydrogen-bond acceptors (Lipinski definition) is 4. The van der Waals surface area contributed by atoms with Gasteiger partial charge in [0.05, 0.1) is 0 Å². The van der Waals surface area contributed by atoms with E-state index in [0.29, 0.717) is 0 Å². The van der Waals surface area contributed by atoms with Crippen molar-refractivity contribution in [3.63, 3.8) is 0 Å². The van der Waals surface area contributed by atoms with Crippen molar-refractivity contribution in [1.82, 2.24) is 6.15 Å². The fraction of sp³-hybridized carbons (Fsp3) is 0.667. The molecular formula is C3H12NO5Ti. The topological polar surface area (TPSA) is 154 Å². The smallest absolute Gasteiger partial charge is 0.870 e. The fourth-order valence-electron chi connectivity index (χ4n) is 0. The van der Waals surface area contributed by atoms with Gasteiger partial charge in [0.1, 0.15) is 6.10 Å². The van der Waals surface area contributed by atoms with Gasteiger partial charge in [-0.2, -0.15) is 0 Å². The van der Waals surface area contributed by atoms with E-state index in [-0.39, 0.29) is 38.8 Å². The summed E-state index contributed by atoms with van der Waals surface area (Å²) in [6, 6.07) is 0. The first-order valence-electron chi connectivity index (χ1n) is 1.55. The summed E-state index contributed by atoms with van der Waals surface area (Å²) >= 11 is 0. The second-order valence-electron chi connectivity index (χ2n) is 1.01. The molecule has 0 saturated heterocycles. The van der Waals surface area contributed by atoms with Crippen molar-refractivity contribution in [3.8, 4) is 0 Å². The number of quaternary nitrogens is 1. The second-order valence-corrected chi connectivity index (χ2v) is 1.01. The van der Waals surface area contributed by atoms with Crippen LogP contribution in [0.3, 0.4) is 0 Å². The van der Waals surface area contributed by atoms with Crippen molar-refractivity contribution in [2.24, 2.45) is 0 Å². The standard InChI is InChI=1S/C3H6O3.H3N.2H2O.Ti/c1-2(4)3(5)6;;;;/h2,4H,1H3,(H,5,6);1H3;2*1H2;/q;;;;+1/p-1. The maximum absolute atomic E-state index is 9.45. The van der Waals surface area contributed by atoms with E-state index in [1.165, 1.54) is 6.92 Å². The van der Waals surface area contributed by atoms with E-state index in [9.17, 15) is 4.79 Å². The molecule has 0 rings (SSSR count). The summed E-state index contributed by atoms with van der Waals surface area (Å²) in [5, 5.41) is 15.8. The molecule has 8 N–H and O–H groups in total. The number of aliphatic hydroxyl groups excluding tert-OH is 1. The Balaban J connectivity index is -0.0000000208. The Morgan fingerprint density at radius 3 is 1.50 bits per heavy atom. The summed E-state index contributed by atoms with van der Waals surface area (Å²) in [6.45, 7) is 1.20. The number of carboxylic acid groups (broad SMARTS) is 1. The summed E-state index contributed by atoms with van der Waals surface area (Å²) < 4.78 is 0. The zero-order valence-electron chi connectivity index (χ0n) is 5.77. The summed E-state index contributed by atoms with van der Waals surface area (Å²) in [5.74, 6) is -1.19. The SMILES string of the molecule is CC(O)C(=O)O.[NH4+].[OH-].[OH-].[Ti+]. The van der Waals surface area contributed by atoms with Crippen LogP contribution < -0.4 is 6.15 Å². The van der Waals surface area contributed by atoms with Crippen LogP contribution in [0.5, 0.6) is 0 Å². The Labute approximate surface area is 73.3 Å². The molecule has 0 saturated carbocycles. The number of aliphatic hydroxyl groups is 1. The van der Waals surface area contributed by atoms with Gasteiger partial charge in [-0.3, -0.25) is 0 Å². The molecule has 10 heavy (non-hydrogen) atoms. The third kappa shape index (κ3) is 24.4. The van der Waals surface area contributed by atoms with Crippen LogP contribution in [0.2, 0.25) is 0 Å². The molecule has 0 aliphatic carbocycles. The second kappa shape index (κ2) is 16.0. The molecule has 0 fully saturated rings. The van der Waals surface area contributed by atoms with Gasteiger partial charge in [0.15, 0.2) is 0 Å². The van der Waals surface area contributed by atoms with Crippen molar-refractivity contribution in [3.05, 3.63) is 0 Å². The number of carboxylic acids is 1. The van der Waals surface area contributed by atoms with Crippen LogP contribution in [0, 0.1) is 0 Å². The van der Waals surface area contributed by atoms with Crippen LogP contribution in [-0.2, 0) is 26.5 Å². The molecule has 0 aliphatic rings. The predicted octanol–water partition coefficient (Wildman–Crippen LogP) is -0.528. The van der Waals surface area contributed by atoms with Crippen LogP contribution in [0.15, 0.2) is 0 Å². The summed E-state index contributed by atoms with van der Waals surface area (Å²) in [5.41, 5.74) is 0. The summed E-state index contributed by atoms with van der Waals surface area (Å²) in [7, 11) is 0. The maximum atomic E-state index is 9.45. The van der Waals surface area contributed by atoms with E-state index in [4.69, 9.17) is 10.2 Å². The molecule has 0 amide bonds. The molecule has 0 heterocycles. The number of hydrogen-bond donors (Lipinski definition) is 3. The average Bonchev–Trinajstić information content (AvgIpc) is 1.36. The Morgan fingerprint density at radius 2 is 1.50 bits per heavy atom. The number of rotatable bonds is 1. The molecule has 0 aromatic heterocycles. The molecule has 0 aromatic rings. The zero-order chi connectivity index (χ0) is 5.15. The molecule has 1 atom stereocenters. The van der Waals surface area contributed by atoms with E-state index in [2.05, 4.69) is 0 Å². The first-order chi connectivity index (χ1) is 2.64. The molecule has 1 radical (unpaired) electrons. The number of aliphatic carboxylic acids is 1. The molecular weight excluding hydrogens is 178 g/mol. The van der Waals surface area contributed by atoms with Crippen molar-refractivity contribution < 1.29 is 47.7 Å². The average molecular weight is 190 g/mol. The molecule has 63 valence electrons. The molecule has 0 aromatic carbocycles. The third-order valence-corrected chi connectivity index (χ3v) is 0.357. The molecule has 0 bridgehead atoms. The first-order valence-corrected chi connectivity index (χ1v) is 1.55. The van der Waals surface area contributed by atoms with Crippen molar-refractivity contribution >= 4 is 5.97 Å². The van der Waals surface area contributed by atoms with Crippen LogP contribution in [0.1, 0.15) is 6.92 Å². The molecule has 6 nitrogen and oxygen atoms in total.